The Bertz CT molecular complexity index is 984. The number of hydrogen-bond donors (Lipinski definition) is 2. The second-order valence-electron chi connectivity index (χ2n) is 6.66. The van der Waals surface area contributed by atoms with E-state index in [-0.39, 0.29) is 24.0 Å². The van der Waals surface area contributed by atoms with Gasteiger partial charge in [-0.05, 0) is 36.8 Å². The molecule has 0 aliphatic rings. The van der Waals surface area contributed by atoms with Crippen molar-refractivity contribution in [1.82, 2.24) is 5.32 Å². The number of rotatable bonds is 8. The van der Waals surface area contributed by atoms with Crippen LogP contribution in [-0.4, -0.2) is 23.6 Å². The molecule has 0 aliphatic carbocycles. The molecule has 3 aromatic rings. The molecule has 1 unspecified atom stereocenters. The molecule has 0 aliphatic heterocycles. The minimum atomic E-state index is -0.711. The fraction of sp³-hybridized carbons (Fsp3) is 0.174. The van der Waals surface area contributed by atoms with E-state index in [0.717, 1.165) is 10.4 Å². The topological polar surface area (TPSA) is 75.3 Å². The molecule has 29 heavy (non-hydrogen) atoms. The second-order valence-corrected chi connectivity index (χ2v) is 7.83. The van der Waals surface area contributed by atoms with Crippen molar-refractivity contribution in [1.29, 1.82) is 0 Å². The Balaban J connectivity index is 1.70. The van der Waals surface area contributed by atoms with Crippen LogP contribution in [0.2, 0.25) is 0 Å². The van der Waals surface area contributed by atoms with Crippen molar-refractivity contribution in [2.24, 2.45) is 0 Å². The van der Waals surface area contributed by atoms with E-state index in [1.54, 1.807) is 24.3 Å². The van der Waals surface area contributed by atoms with Crippen molar-refractivity contribution in [3.63, 3.8) is 0 Å². The van der Waals surface area contributed by atoms with E-state index in [9.17, 15) is 14.4 Å². The van der Waals surface area contributed by atoms with Gasteiger partial charge in [0.25, 0.3) is 0 Å². The van der Waals surface area contributed by atoms with Gasteiger partial charge < -0.3 is 10.6 Å². The molecule has 148 valence electrons. The summed E-state index contributed by atoms with van der Waals surface area (Å²) in [5.41, 5.74) is 1.63. The van der Waals surface area contributed by atoms with E-state index in [2.05, 4.69) is 10.6 Å². The third-order valence-corrected chi connectivity index (χ3v) is 5.51. The first-order chi connectivity index (χ1) is 14.0. The van der Waals surface area contributed by atoms with Gasteiger partial charge in [0.15, 0.2) is 5.78 Å². The molecular weight excluding hydrogens is 384 g/mol. The lowest BCUT2D eigenvalue weighted by Gasteiger charge is -2.18. The van der Waals surface area contributed by atoms with Crippen LogP contribution in [0.25, 0.3) is 0 Å². The number of amides is 2. The van der Waals surface area contributed by atoms with Crippen LogP contribution in [0.4, 0.5) is 5.69 Å². The first-order valence-corrected chi connectivity index (χ1v) is 10.1. The highest BCUT2D eigenvalue weighted by Crippen LogP contribution is 2.17. The summed E-state index contributed by atoms with van der Waals surface area (Å²) in [5.74, 6) is -0.555. The number of carbonyl (C=O) groups excluding carboxylic acids is 3. The summed E-state index contributed by atoms with van der Waals surface area (Å²) in [7, 11) is 0. The van der Waals surface area contributed by atoms with Crippen LogP contribution in [-0.2, 0) is 22.4 Å². The first kappa shape index (κ1) is 20.5. The average Bonchev–Trinajstić information content (AvgIpc) is 3.18. The number of benzene rings is 2. The quantitative estimate of drug-likeness (QED) is 0.558. The number of nitrogens with one attached hydrogen (secondary N) is 2. The maximum absolute atomic E-state index is 12.8. The Hall–Kier alpha value is -3.25. The Kier molecular flexibility index (Phi) is 6.92. The summed E-state index contributed by atoms with van der Waals surface area (Å²) in [6.07, 6.45) is 0.510. The lowest BCUT2D eigenvalue weighted by atomic mass is 10.0. The molecule has 0 spiro atoms. The van der Waals surface area contributed by atoms with E-state index in [1.807, 2.05) is 48.5 Å². The molecule has 1 heterocycles. The van der Waals surface area contributed by atoms with Crippen LogP contribution in [0.3, 0.4) is 0 Å². The normalized spacial score (nSPS) is 11.5. The van der Waals surface area contributed by atoms with Gasteiger partial charge in [-0.25, -0.2) is 0 Å². The Morgan fingerprint density at radius 2 is 1.55 bits per heavy atom. The molecule has 1 aromatic heterocycles. The Labute approximate surface area is 173 Å². The van der Waals surface area contributed by atoms with Gasteiger partial charge in [-0.2, -0.15) is 0 Å². The third kappa shape index (κ3) is 6.12. The number of anilines is 1. The van der Waals surface area contributed by atoms with E-state index in [1.165, 1.54) is 18.3 Å². The van der Waals surface area contributed by atoms with Crippen LogP contribution in [0.5, 0.6) is 0 Å². The van der Waals surface area contributed by atoms with Gasteiger partial charge in [0.05, 0.1) is 11.3 Å². The molecule has 0 radical (unpaired) electrons. The molecule has 0 fully saturated rings. The SMILES string of the molecule is CC(=O)c1ccc(CC(=O)NC(Cc2ccccc2)C(=O)Nc2ccccc2)s1. The Morgan fingerprint density at radius 1 is 0.897 bits per heavy atom. The van der Waals surface area contributed by atoms with Crippen LogP contribution in [0.15, 0.2) is 72.8 Å². The maximum atomic E-state index is 12.8. The van der Waals surface area contributed by atoms with E-state index < -0.39 is 6.04 Å². The molecule has 5 nitrogen and oxygen atoms in total. The van der Waals surface area contributed by atoms with E-state index in [4.69, 9.17) is 0 Å². The highest BCUT2D eigenvalue weighted by Gasteiger charge is 2.22. The summed E-state index contributed by atoms with van der Waals surface area (Å²) in [5, 5.41) is 5.70. The lowest BCUT2D eigenvalue weighted by molar-refractivity contribution is -0.126. The summed E-state index contributed by atoms with van der Waals surface area (Å²) in [4.78, 5) is 38.3. The number of para-hydroxylation sites is 1. The number of carbonyl (C=O) groups is 3. The van der Waals surface area contributed by atoms with Gasteiger partial charge in [0.2, 0.25) is 11.8 Å². The minimum Gasteiger partial charge on any atom is -0.344 e. The monoisotopic (exact) mass is 406 g/mol. The largest absolute Gasteiger partial charge is 0.344 e. The van der Waals surface area contributed by atoms with Gasteiger partial charge in [0.1, 0.15) is 6.04 Å². The van der Waals surface area contributed by atoms with Crippen molar-refractivity contribution >= 4 is 34.6 Å². The van der Waals surface area contributed by atoms with Gasteiger partial charge in [-0.3, -0.25) is 14.4 Å². The van der Waals surface area contributed by atoms with Crippen LogP contribution in [0.1, 0.15) is 27.0 Å². The molecule has 6 heteroatoms. The number of Topliss-reactive ketones (excluding diaryl/α,β-unsaturated/α-hetero) is 1. The van der Waals surface area contributed by atoms with Crippen LogP contribution < -0.4 is 10.6 Å². The van der Waals surface area contributed by atoms with Gasteiger partial charge in [0, 0.05) is 17.0 Å². The number of ketones is 1. The predicted molar refractivity (Wildman–Crippen MR) is 115 cm³/mol. The third-order valence-electron chi connectivity index (χ3n) is 4.32. The molecule has 0 saturated carbocycles. The van der Waals surface area contributed by atoms with Crippen molar-refractivity contribution < 1.29 is 14.4 Å². The first-order valence-electron chi connectivity index (χ1n) is 9.30. The van der Waals surface area contributed by atoms with E-state index in [0.29, 0.717) is 17.0 Å². The molecule has 0 saturated heterocycles. The van der Waals surface area contributed by atoms with Crippen LogP contribution >= 0.6 is 11.3 Å². The lowest BCUT2D eigenvalue weighted by Crippen LogP contribution is -2.45. The van der Waals surface area contributed by atoms with Crippen molar-refractivity contribution in [2.75, 3.05) is 5.32 Å². The van der Waals surface area contributed by atoms with Crippen molar-refractivity contribution in [2.45, 2.75) is 25.8 Å². The summed E-state index contributed by atoms with van der Waals surface area (Å²) in [6.45, 7) is 1.50. The second kappa shape index (κ2) is 9.80. The number of thiophene rings is 1. The fourth-order valence-electron chi connectivity index (χ4n) is 2.88. The zero-order valence-electron chi connectivity index (χ0n) is 16.1. The zero-order chi connectivity index (χ0) is 20.6. The molecule has 3 rings (SSSR count). The minimum absolute atomic E-state index is 0.0224. The van der Waals surface area contributed by atoms with Gasteiger partial charge >= 0.3 is 0 Å². The molecule has 0 bridgehead atoms. The highest BCUT2D eigenvalue weighted by molar-refractivity contribution is 7.14. The molecular formula is C23H22N2O3S. The molecule has 2 amide bonds. The molecule has 2 N–H and O–H groups in total. The fourth-order valence-corrected chi connectivity index (χ4v) is 3.78. The molecule has 2 aromatic carbocycles. The zero-order valence-corrected chi connectivity index (χ0v) is 16.9. The predicted octanol–water partition coefficient (Wildman–Crippen LogP) is 3.86. The summed E-state index contributed by atoms with van der Waals surface area (Å²) < 4.78 is 0. The summed E-state index contributed by atoms with van der Waals surface area (Å²) in [6, 6.07) is 21.5. The smallest absolute Gasteiger partial charge is 0.247 e. The Morgan fingerprint density at radius 3 is 2.17 bits per heavy atom. The van der Waals surface area contributed by atoms with Gasteiger partial charge in [-0.15, -0.1) is 11.3 Å². The number of hydrogen-bond acceptors (Lipinski definition) is 4. The summed E-state index contributed by atoms with van der Waals surface area (Å²) >= 11 is 1.30. The van der Waals surface area contributed by atoms with Crippen LogP contribution in [0, 0.1) is 0 Å². The van der Waals surface area contributed by atoms with E-state index >= 15 is 0 Å². The molecule has 1 atom stereocenters. The van der Waals surface area contributed by atoms with Crippen molar-refractivity contribution in [3.05, 3.63) is 88.1 Å². The van der Waals surface area contributed by atoms with Crippen molar-refractivity contribution in [3.8, 4) is 0 Å². The highest BCUT2D eigenvalue weighted by atomic mass is 32.1. The average molecular weight is 407 g/mol. The maximum Gasteiger partial charge on any atom is 0.247 e. The van der Waals surface area contributed by atoms with Gasteiger partial charge in [-0.1, -0.05) is 48.5 Å². The standard InChI is InChI=1S/C23H22N2O3S/c1-16(26)21-13-12-19(29-21)15-22(27)25-20(14-17-8-4-2-5-9-17)23(28)24-18-10-6-3-7-11-18/h2-13,20H,14-15H2,1H3,(H,24,28)(H,25,27).